The van der Waals surface area contributed by atoms with Crippen molar-refractivity contribution < 1.29 is 0 Å². The summed E-state index contributed by atoms with van der Waals surface area (Å²) in [7, 11) is 0. The molecule has 4 heteroatoms. The van der Waals surface area contributed by atoms with Gasteiger partial charge in [-0.15, -0.1) is 0 Å². The average Bonchev–Trinajstić information content (AvgIpc) is 2.51. The number of hydrogen-bond acceptors (Lipinski definition) is 2. The van der Waals surface area contributed by atoms with Gasteiger partial charge in [-0.2, -0.15) is 5.10 Å². The molecule has 1 aliphatic rings. The highest BCUT2D eigenvalue weighted by molar-refractivity contribution is 6.30. The van der Waals surface area contributed by atoms with Gasteiger partial charge in [-0.1, -0.05) is 29.8 Å². The second kappa shape index (κ2) is 3.28. The second-order valence-corrected chi connectivity index (χ2v) is 4.02. The number of para-hydroxylation sites is 1. The molecule has 0 unspecified atom stereocenters. The Morgan fingerprint density at radius 2 is 2.13 bits per heavy atom. The molecule has 3 nitrogen and oxygen atoms in total. The molecule has 1 aromatic carbocycles. The highest BCUT2D eigenvalue weighted by atomic mass is 35.5. The predicted octanol–water partition coefficient (Wildman–Crippen LogP) is 2.58. The molecular weight excluding hydrogens is 210 g/mol. The van der Waals surface area contributed by atoms with E-state index in [2.05, 4.69) is 27.6 Å². The van der Waals surface area contributed by atoms with Gasteiger partial charge in [-0.3, -0.25) is 5.10 Å². The molecule has 0 atom stereocenters. The van der Waals surface area contributed by atoms with E-state index >= 15 is 0 Å². The van der Waals surface area contributed by atoms with Crippen molar-refractivity contribution in [2.75, 3.05) is 5.32 Å². The van der Waals surface area contributed by atoms with E-state index in [1.807, 2.05) is 12.1 Å². The standard InChI is InChI=1S/C11H10ClN3/c12-11-8-6-13-9-4-2-1-3-7(9)5-10(8)14-15-11/h1-4,13H,5-6H2,(H,14,15). The van der Waals surface area contributed by atoms with Crippen LogP contribution in [0.4, 0.5) is 5.69 Å². The molecule has 0 radical (unpaired) electrons. The van der Waals surface area contributed by atoms with E-state index in [1.54, 1.807) is 0 Å². The van der Waals surface area contributed by atoms with Gasteiger partial charge in [0.25, 0.3) is 0 Å². The number of aromatic amines is 1. The normalized spacial score (nSPS) is 13.7. The molecule has 2 heterocycles. The molecular formula is C11H10ClN3. The lowest BCUT2D eigenvalue weighted by atomic mass is 10.1. The van der Waals surface area contributed by atoms with Crippen molar-refractivity contribution in [1.82, 2.24) is 10.2 Å². The second-order valence-electron chi connectivity index (χ2n) is 3.66. The highest BCUT2D eigenvalue weighted by Crippen LogP contribution is 2.27. The van der Waals surface area contributed by atoms with Crippen molar-refractivity contribution >= 4 is 17.3 Å². The molecule has 0 aliphatic carbocycles. The average molecular weight is 220 g/mol. The third kappa shape index (κ3) is 1.39. The molecule has 2 N–H and O–H groups in total. The van der Waals surface area contributed by atoms with E-state index in [0.717, 1.165) is 24.2 Å². The maximum absolute atomic E-state index is 5.99. The zero-order valence-corrected chi connectivity index (χ0v) is 8.80. The number of anilines is 1. The van der Waals surface area contributed by atoms with Crippen LogP contribution in [0.25, 0.3) is 0 Å². The van der Waals surface area contributed by atoms with Gasteiger partial charge in [0.1, 0.15) is 0 Å². The van der Waals surface area contributed by atoms with Crippen LogP contribution in [0.3, 0.4) is 0 Å². The van der Waals surface area contributed by atoms with Crippen LogP contribution in [0, 0.1) is 0 Å². The number of fused-ring (bicyclic) bond motifs is 2. The van der Waals surface area contributed by atoms with Gasteiger partial charge in [0.15, 0.2) is 5.15 Å². The first-order chi connectivity index (χ1) is 7.34. The van der Waals surface area contributed by atoms with Crippen molar-refractivity contribution in [2.45, 2.75) is 13.0 Å². The highest BCUT2D eigenvalue weighted by Gasteiger charge is 2.16. The van der Waals surface area contributed by atoms with E-state index in [9.17, 15) is 0 Å². The molecule has 0 amide bonds. The lowest BCUT2D eigenvalue weighted by Crippen LogP contribution is -1.98. The van der Waals surface area contributed by atoms with Crippen LogP contribution >= 0.6 is 11.6 Å². The van der Waals surface area contributed by atoms with Gasteiger partial charge in [0.05, 0.1) is 0 Å². The monoisotopic (exact) mass is 219 g/mol. The Bertz CT molecular complexity index is 504. The van der Waals surface area contributed by atoms with Crippen molar-refractivity contribution in [1.29, 1.82) is 0 Å². The fraction of sp³-hybridized carbons (Fsp3) is 0.182. The number of rotatable bonds is 0. The summed E-state index contributed by atoms with van der Waals surface area (Å²) in [6.07, 6.45) is 0.859. The van der Waals surface area contributed by atoms with E-state index in [4.69, 9.17) is 11.6 Å². The van der Waals surface area contributed by atoms with Gasteiger partial charge >= 0.3 is 0 Å². The minimum Gasteiger partial charge on any atom is -0.381 e. The van der Waals surface area contributed by atoms with Crippen LogP contribution in [0.5, 0.6) is 0 Å². The Morgan fingerprint density at radius 3 is 3.07 bits per heavy atom. The zero-order chi connectivity index (χ0) is 10.3. The molecule has 76 valence electrons. The summed E-state index contributed by atoms with van der Waals surface area (Å²) in [5, 5.41) is 10.9. The Labute approximate surface area is 92.5 Å². The van der Waals surface area contributed by atoms with Crippen LogP contribution in [0.2, 0.25) is 5.15 Å². The number of benzene rings is 1. The third-order valence-corrected chi connectivity index (χ3v) is 3.06. The van der Waals surface area contributed by atoms with Gasteiger partial charge in [-0.25, -0.2) is 0 Å². The molecule has 3 rings (SSSR count). The largest absolute Gasteiger partial charge is 0.381 e. The number of halogens is 1. The van der Waals surface area contributed by atoms with Crippen molar-refractivity contribution in [3.05, 3.63) is 46.2 Å². The molecule has 0 saturated heterocycles. The van der Waals surface area contributed by atoms with Crippen LogP contribution < -0.4 is 5.32 Å². The van der Waals surface area contributed by atoms with Gasteiger partial charge in [-0.05, 0) is 11.6 Å². The maximum atomic E-state index is 5.99. The van der Waals surface area contributed by atoms with Gasteiger partial charge < -0.3 is 5.32 Å². The van der Waals surface area contributed by atoms with Crippen molar-refractivity contribution in [2.24, 2.45) is 0 Å². The zero-order valence-electron chi connectivity index (χ0n) is 8.05. The van der Waals surface area contributed by atoms with Crippen molar-refractivity contribution in [3.8, 4) is 0 Å². The number of nitrogens with one attached hydrogen (secondary N) is 2. The smallest absolute Gasteiger partial charge is 0.156 e. The first-order valence-corrected chi connectivity index (χ1v) is 5.26. The lowest BCUT2D eigenvalue weighted by molar-refractivity contribution is 0.995. The summed E-state index contributed by atoms with van der Waals surface area (Å²) < 4.78 is 0. The quantitative estimate of drug-likeness (QED) is 0.715. The van der Waals surface area contributed by atoms with Crippen LogP contribution in [0.1, 0.15) is 16.8 Å². The SMILES string of the molecule is Clc1n[nH]c2c1CNc1ccccc1C2. The van der Waals surface area contributed by atoms with Crippen LogP contribution in [-0.4, -0.2) is 10.2 Å². The van der Waals surface area contributed by atoms with Gasteiger partial charge in [0, 0.05) is 29.9 Å². The fourth-order valence-corrected chi connectivity index (χ4v) is 2.15. The first kappa shape index (κ1) is 8.80. The molecule has 0 fully saturated rings. The topological polar surface area (TPSA) is 40.7 Å². The van der Waals surface area contributed by atoms with E-state index in [1.165, 1.54) is 11.3 Å². The Kier molecular flexibility index (Phi) is 1.92. The summed E-state index contributed by atoms with van der Waals surface area (Å²) in [6, 6.07) is 8.28. The Morgan fingerprint density at radius 1 is 1.27 bits per heavy atom. The predicted molar refractivity (Wildman–Crippen MR) is 60.2 cm³/mol. The lowest BCUT2D eigenvalue weighted by Gasteiger charge is -2.05. The van der Waals surface area contributed by atoms with E-state index in [0.29, 0.717) is 5.15 Å². The summed E-state index contributed by atoms with van der Waals surface area (Å²) in [4.78, 5) is 0. The number of aromatic nitrogens is 2. The molecule has 0 spiro atoms. The minimum absolute atomic E-state index is 0.574. The summed E-state index contributed by atoms with van der Waals surface area (Å²) in [5.41, 5.74) is 4.64. The summed E-state index contributed by atoms with van der Waals surface area (Å²) >= 11 is 5.99. The number of H-pyrrole nitrogens is 1. The summed E-state index contributed by atoms with van der Waals surface area (Å²) in [6.45, 7) is 0.738. The number of hydrogen-bond donors (Lipinski definition) is 2. The van der Waals surface area contributed by atoms with E-state index < -0.39 is 0 Å². The minimum atomic E-state index is 0.574. The Hall–Kier alpha value is -1.48. The first-order valence-electron chi connectivity index (χ1n) is 4.88. The number of nitrogens with zero attached hydrogens (tertiary/aromatic N) is 1. The molecule has 15 heavy (non-hydrogen) atoms. The molecule has 0 bridgehead atoms. The molecule has 1 aliphatic heterocycles. The molecule has 0 saturated carbocycles. The molecule has 1 aromatic heterocycles. The maximum Gasteiger partial charge on any atom is 0.156 e. The van der Waals surface area contributed by atoms with E-state index in [-0.39, 0.29) is 0 Å². The van der Waals surface area contributed by atoms with Gasteiger partial charge in [0.2, 0.25) is 0 Å². The van der Waals surface area contributed by atoms with Crippen LogP contribution in [0.15, 0.2) is 24.3 Å². The van der Waals surface area contributed by atoms with Crippen molar-refractivity contribution in [3.63, 3.8) is 0 Å². The fourth-order valence-electron chi connectivity index (χ4n) is 1.92. The van der Waals surface area contributed by atoms with Crippen LogP contribution in [-0.2, 0) is 13.0 Å². The Balaban J connectivity index is 2.10. The molecule has 2 aromatic rings. The summed E-state index contributed by atoms with van der Waals surface area (Å²) in [5.74, 6) is 0. The third-order valence-electron chi connectivity index (χ3n) is 2.74.